The van der Waals surface area contributed by atoms with Gasteiger partial charge < -0.3 is 9.53 Å². The third kappa shape index (κ3) is 8.19. The van der Waals surface area contributed by atoms with Crippen LogP contribution in [0, 0.1) is 0 Å². The number of ether oxygens (including phenoxy) is 1. The van der Waals surface area contributed by atoms with E-state index >= 15 is 0 Å². The summed E-state index contributed by atoms with van der Waals surface area (Å²) in [4.78, 5) is 10.6. The van der Waals surface area contributed by atoms with Gasteiger partial charge >= 0.3 is 0 Å². The van der Waals surface area contributed by atoms with Crippen molar-refractivity contribution in [2.45, 2.75) is 26.2 Å². The SMILES string of the molecule is COCCCS(=O)(=O)CCCC(C)=O. The molecule has 0 N–H and O–H groups in total. The van der Waals surface area contributed by atoms with Crippen LogP contribution in [-0.2, 0) is 19.4 Å². The average molecular weight is 222 g/mol. The van der Waals surface area contributed by atoms with Crippen LogP contribution in [-0.4, -0.2) is 39.4 Å². The predicted molar refractivity (Wildman–Crippen MR) is 55.1 cm³/mol. The van der Waals surface area contributed by atoms with Crippen LogP contribution in [0.25, 0.3) is 0 Å². The van der Waals surface area contributed by atoms with Gasteiger partial charge in [0, 0.05) is 20.1 Å². The Bertz CT molecular complexity index is 256. The molecule has 0 amide bonds. The lowest BCUT2D eigenvalue weighted by atomic mass is 10.3. The van der Waals surface area contributed by atoms with Gasteiger partial charge in [0.15, 0.2) is 0 Å². The van der Waals surface area contributed by atoms with Crippen molar-refractivity contribution >= 4 is 15.6 Å². The molecule has 0 rings (SSSR count). The predicted octanol–water partition coefficient (Wildman–Crippen LogP) is 0.807. The van der Waals surface area contributed by atoms with Crippen LogP contribution < -0.4 is 0 Å². The quantitative estimate of drug-likeness (QED) is 0.570. The van der Waals surface area contributed by atoms with Crippen molar-refractivity contribution in [3.05, 3.63) is 0 Å². The number of carbonyl (C=O) groups excluding carboxylic acids is 1. The molecule has 4 nitrogen and oxygen atoms in total. The molecular formula is C9H18O4S. The standard InChI is InChI=1S/C9H18O4S/c1-9(10)5-3-7-14(11,12)8-4-6-13-2/h3-8H2,1-2H3. The zero-order valence-corrected chi connectivity index (χ0v) is 9.60. The third-order valence-electron chi connectivity index (χ3n) is 1.79. The second kappa shape index (κ2) is 6.95. The van der Waals surface area contributed by atoms with Gasteiger partial charge in [0.25, 0.3) is 0 Å². The number of hydrogen-bond donors (Lipinski definition) is 0. The molecule has 0 saturated heterocycles. The van der Waals surface area contributed by atoms with E-state index < -0.39 is 9.84 Å². The van der Waals surface area contributed by atoms with E-state index in [0.717, 1.165) is 0 Å². The maximum absolute atomic E-state index is 11.3. The van der Waals surface area contributed by atoms with Gasteiger partial charge in [-0.2, -0.15) is 0 Å². The maximum Gasteiger partial charge on any atom is 0.150 e. The van der Waals surface area contributed by atoms with Crippen molar-refractivity contribution < 1.29 is 17.9 Å². The molecule has 0 atom stereocenters. The fourth-order valence-electron chi connectivity index (χ4n) is 1.07. The van der Waals surface area contributed by atoms with Gasteiger partial charge in [-0.15, -0.1) is 0 Å². The highest BCUT2D eigenvalue weighted by molar-refractivity contribution is 7.91. The minimum absolute atomic E-state index is 0.0390. The highest BCUT2D eigenvalue weighted by Crippen LogP contribution is 2.00. The highest BCUT2D eigenvalue weighted by Gasteiger charge is 2.10. The molecule has 0 aliphatic heterocycles. The molecule has 0 aliphatic rings. The summed E-state index contributed by atoms with van der Waals surface area (Å²) in [6.45, 7) is 1.93. The number of sulfone groups is 1. The van der Waals surface area contributed by atoms with Crippen LogP contribution in [0.2, 0.25) is 0 Å². The lowest BCUT2D eigenvalue weighted by molar-refractivity contribution is -0.117. The average Bonchev–Trinajstić information content (AvgIpc) is 2.03. The summed E-state index contributed by atoms with van der Waals surface area (Å²) in [6, 6.07) is 0. The Labute approximate surface area is 85.6 Å². The molecule has 84 valence electrons. The first-order valence-corrected chi connectivity index (χ1v) is 6.49. The summed E-state index contributed by atoms with van der Waals surface area (Å²) in [7, 11) is -1.44. The minimum atomic E-state index is -2.98. The summed E-state index contributed by atoms with van der Waals surface area (Å²) in [5.41, 5.74) is 0. The molecule has 0 saturated carbocycles. The van der Waals surface area contributed by atoms with E-state index in [0.29, 0.717) is 25.9 Å². The molecule has 0 radical (unpaired) electrons. The van der Waals surface area contributed by atoms with Crippen LogP contribution in [0.5, 0.6) is 0 Å². The fourth-order valence-corrected chi connectivity index (χ4v) is 2.41. The molecule has 0 aromatic carbocycles. The van der Waals surface area contributed by atoms with Crippen molar-refractivity contribution in [2.24, 2.45) is 0 Å². The van der Waals surface area contributed by atoms with Crippen LogP contribution in [0.3, 0.4) is 0 Å². The van der Waals surface area contributed by atoms with E-state index in [1.54, 1.807) is 7.11 Å². The number of ketones is 1. The first kappa shape index (κ1) is 13.6. The van der Waals surface area contributed by atoms with Gasteiger partial charge in [0.05, 0.1) is 11.5 Å². The number of hydrogen-bond acceptors (Lipinski definition) is 4. The normalized spacial score (nSPS) is 11.6. The Morgan fingerprint density at radius 2 is 1.79 bits per heavy atom. The van der Waals surface area contributed by atoms with Gasteiger partial charge in [-0.3, -0.25) is 0 Å². The molecule has 0 fully saturated rings. The lowest BCUT2D eigenvalue weighted by Gasteiger charge is -2.02. The first-order valence-electron chi connectivity index (χ1n) is 4.67. The van der Waals surface area contributed by atoms with E-state index in [9.17, 15) is 13.2 Å². The topological polar surface area (TPSA) is 60.4 Å². The van der Waals surface area contributed by atoms with Crippen LogP contribution >= 0.6 is 0 Å². The molecule has 0 heterocycles. The maximum atomic E-state index is 11.3. The van der Waals surface area contributed by atoms with E-state index in [2.05, 4.69) is 0 Å². The van der Waals surface area contributed by atoms with Gasteiger partial charge in [-0.1, -0.05) is 0 Å². The second-order valence-electron chi connectivity index (χ2n) is 3.30. The molecule has 0 bridgehead atoms. The van der Waals surface area contributed by atoms with E-state index in [1.165, 1.54) is 6.92 Å². The van der Waals surface area contributed by atoms with E-state index in [1.807, 2.05) is 0 Å². The Hall–Kier alpha value is -0.420. The summed E-state index contributed by atoms with van der Waals surface area (Å²) in [5, 5.41) is 0. The Balaban J connectivity index is 3.67. The number of rotatable bonds is 8. The van der Waals surface area contributed by atoms with Crippen LogP contribution in [0.4, 0.5) is 0 Å². The molecule has 0 aromatic rings. The highest BCUT2D eigenvalue weighted by atomic mass is 32.2. The zero-order chi connectivity index (χ0) is 11.0. The molecule has 0 aromatic heterocycles. The number of methoxy groups -OCH3 is 1. The molecule has 0 aliphatic carbocycles. The van der Waals surface area contributed by atoms with Gasteiger partial charge in [-0.25, -0.2) is 8.42 Å². The third-order valence-corrected chi connectivity index (χ3v) is 3.61. The van der Waals surface area contributed by atoms with Gasteiger partial charge in [0.2, 0.25) is 0 Å². The van der Waals surface area contributed by atoms with Crippen molar-refractivity contribution in [2.75, 3.05) is 25.2 Å². The molecule has 0 unspecified atom stereocenters. The number of carbonyl (C=O) groups is 1. The summed E-state index contributed by atoms with van der Waals surface area (Å²) < 4.78 is 27.4. The summed E-state index contributed by atoms with van der Waals surface area (Å²) >= 11 is 0. The largest absolute Gasteiger partial charge is 0.385 e. The Morgan fingerprint density at radius 1 is 1.21 bits per heavy atom. The van der Waals surface area contributed by atoms with E-state index in [4.69, 9.17) is 4.74 Å². The first-order chi connectivity index (χ1) is 6.48. The number of Topliss-reactive ketones (excluding diaryl/α,β-unsaturated/α-hetero) is 1. The zero-order valence-electron chi connectivity index (χ0n) is 8.78. The Kier molecular flexibility index (Phi) is 6.74. The monoisotopic (exact) mass is 222 g/mol. The van der Waals surface area contributed by atoms with Gasteiger partial charge in [-0.05, 0) is 19.8 Å². The van der Waals surface area contributed by atoms with Crippen LogP contribution in [0.15, 0.2) is 0 Å². The fraction of sp³-hybridized carbons (Fsp3) is 0.889. The van der Waals surface area contributed by atoms with Crippen molar-refractivity contribution in [3.63, 3.8) is 0 Å². The molecule has 0 spiro atoms. The smallest absolute Gasteiger partial charge is 0.150 e. The van der Waals surface area contributed by atoms with Gasteiger partial charge in [0.1, 0.15) is 15.6 Å². The van der Waals surface area contributed by atoms with E-state index in [-0.39, 0.29) is 17.3 Å². The molecular weight excluding hydrogens is 204 g/mol. The van der Waals surface area contributed by atoms with Crippen LogP contribution in [0.1, 0.15) is 26.2 Å². The molecule has 5 heteroatoms. The summed E-state index contributed by atoms with van der Waals surface area (Å²) in [5.74, 6) is 0.298. The van der Waals surface area contributed by atoms with Crippen molar-refractivity contribution in [1.82, 2.24) is 0 Å². The van der Waals surface area contributed by atoms with Crippen molar-refractivity contribution in [1.29, 1.82) is 0 Å². The second-order valence-corrected chi connectivity index (χ2v) is 5.61. The minimum Gasteiger partial charge on any atom is -0.385 e. The molecule has 14 heavy (non-hydrogen) atoms. The Morgan fingerprint density at radius 3 is 2.29 bits per heavy atom. The lowest BCUT2D eigenvalue weighted by Crippen LogP contribution is -2.13. The summed E-state index contributed by atoms with van der Waals surface area (Å²) in [6.07, 6.45) is 1.31. The van der Waals surface area contributed by atoms with Crippen molar-refractivity contribution in [3.8, 4) is 0 Å².